The Balaban J connectivity index is 1.50. The molecule has 1 unspecified atom stereocenters. The van der Waals surface area contributed by atoms with Crippen molar-refractivity contribution in [3.8, 4) is 0 Å². The predicted octanol–water partition coefficient (Wildman–Crippen LogP) is 2.57. The molecule has 0 aromatic heterocycles. The quantitative estimate of drug-likeness (QED) is 0.727. The minimum atomic E-state index is -0.319. The Morgan fingerprint density at radius 2 is 2.08 bits per heavy atom. The van der Waals surface area contributed by atoms with Crippen LogP contribution < -0.4 is 0 Å². The third-order valence-electron chi connectivity index (χ3n) is 5.42. The molecule has 5 nitrogen and oxygen atoms in total. The molecule has 2 fully saturated rings. The summed E-state index contributed by atoms with van der Waals surface area (Å²) in [6, 6.07) is 6.47. The Morgan fingerprint density at radius 1 is 1.31 bits per heavy atom. The second kappa shape index (κ2) is 8.93. The van der Waals surface area contributed by atoms with Crippen molar-refractivity contribution in [3.63, 3.8) is 0 Å². The first-order chi connectivity index (χ1) is 12.6. The third-order valence-corrected chi connectivity index (χ3v) is 5.42. The van der Waals surface area contributed by atoms with Crippen LogP contribution in [0.3, 0.4) is 0 Å². The predicted molar refractivity (Wildman–Crippen MR) is 95.5 cm³/mol. The number of amides is 1. The van der Waals surface area contributed by atoms with E-state index in [1.807, 2.05) is 4.90 Å². The summed E-state index contributed by atoms with van der Waals surface area (Å²) in [5.41, 5.74) is 0.267. The van der Waals surface area contributed by atoms with Crippen molar-refractivity contribution < 1.29 is 23.4 Å². The minimum Gasteiger partial charge on any atom is -0.382 e. The van der Waals surface area contributed by atoms with Gasteiger partial charge in [0, 0.05) is 33.2 Å². The van der Waals surface area contributed by atoms with Crippen molar-refractivity contribution in [1.82, 2.24) is 4.90 Å². The van der Waals surface area contributed by atoms with Crippen LogP contribution in [0, 0.1) is 5.82 Å². The number of carbonyl (C=O) groups excluding carboxylic acids is 1. The number of carbonyl (C=O) groups is 1. The zero-order valence-electron chi connectivity index (χ0n) is 15.4. The maximum atomic E-state index is 13.8. The van der Waals surface area contributed by atoms with E-state index >= 15 is 0 Å². The van der Waals surface area contributed by atoms with Crippen LogP contribution in [0.1, 0.15) is 31.2 Å². The molecule has 0 N–H and O–H groups in total. The fourth-order valence-corrected chi connectivity index (χ4v) is 3.85. The number of hydrogen-bond acceptors (Lipinski definition) is 4. The average Bonchev–Trinajstić information content (AvgIpc) is 2.65. The fourth-order valence-electron chi connectivity index (χ4n) is 3.85. The molecule has 6 heteroatoms. The largest absolute Gasteiger partial charge is 0.382 e. The van der Waals surface area contributed by atoms with Gasteiger partial charge in [0.15, 0.2) is 0 Å². The van der Waals surface area contributed by atoms with Gasteiger partial charge in [-0.05, 0) is 30.9 Å². The Morgan fingerprint density at radius 3 is 2.81 bits per heavy atom. The lowest BCUT2D eigenvalue weighted by atomic mass is 9.83. The van der Waals surface area contributed by atoms with Crippen molar-refractivity contribution in [1.29, 1.82) is 0 Å². The smallest absolute Gasteiger partial charge is 0.227 e. The van der Waals surface area contributed by atoms with Crippen LogP contribution in [-0.2, 0) is 25.4 Å². The molecule has 1 aromatic rings. The highest BCUT2D eigenvalue weighted by atomic mass is 19.1. The van der Waals surface area contributed by atoms with Gasteiger partial charge in [-0.15, -0.1) is 0 Å². The molecule has 1 amide bonds. The van der Waals surface area contributed by atoms with Gasteiger partial charge in [0.05, 0.1) is 31.3 Å². The Kier molecular flexibility index (Phi) is 6.62. The summed E-state index contributed by atoms with van der Waals surface area (Å²) in [5, 5.41) is 0. The Bertz CT molecular complexity index is 601. The van der Waals surface area contributed by atoms with Crippen LogP contribution in [0.25, 0.3) is 0 Å². The monoisotopic (exact) mass is 365 g/mol. The first-order valence-corrected chi connectivity index (χ1v) is 9.37. The molecule has 2 heterocycles. The first kappa shape index (κ1) is 19.3. The van der Waals surface area contributed by atoms with Crippen LogP contribution in [0.4, 0.5) is 4.39 Å². The molecule has 0 saturated carbocycles. The van der Waals surface area contributed by atoms with E-state index in [2.05, 4.69) is 0 Å². The van der Waals surface area contributed by atoms with Gasteiger partial charge in [0.25, 0.3) is 0 Å². The highest BCUT2D eigenvalue weighted by molar-refractivity contribution is 5.79. The summed E-state index contributed by atoms with van der Waals surface area (Å²) in [6.45, 7) is 3.20. The highest BCUT2D eigenvalue weighted by Crippen LogP contribution is 2.36. The number of hydrogen-bond donors (Lipinski definition) is 0. The number of nitrogens with zero attached hydrogens (tertiary/aromatic N) is 1. The number of likely N-dealkylation sites (tertiary alicyclic amines) is 1. The van der Waals surface area contributed by atoms with Gasteiger partial charge in [0.1, 0.15) is 5.82 Å². The SMILES string of the molecule is COCCOC1CCOC2(CCN(C(=O)Cc3ccccc3F)CC2)C1. The molecule has 0 radical (unpaired) electrons. The van der Waals surface area contributed by atoms with Crippen LogP contribution in [0.5, 0.6) is 0 Å². The summed E-state index contributed by atoms with van der Waals surface area (Å²) >= 11 is 0. The van der Waals surface area contributed by atoms with Crippen molar-refractivity contribution in [2.45, 2.75) is 43.8 Å². The van der Waals surface area contributed by atoms with E-state index in [4.69, 9.17) is 14.2 Å². The van der Waals surface area contributed by atoms with Crippen LogP contribution in [0.2, 0.25) is 0 Å². The van der Waals surface area contributed by atoms with Crippen LogP contribution >= 0.6 is 0 Å². The molecule has 1 atom stereocenters. The number of piperidine rings is 1. The lowest BCUT2D eigenvalue weighted by Gasteiger charge is -2.46. The van der Waals surface area contributed by atoms with Gasteiger partial charge in [0.2, 0.25) is 5.91 Å². The molecule has 0 bridgehead atoms. The van der Waals surface area contributed by atoms with Crippen molar-refractivity contribution in [3.05, 3.63) is 35.6 Å². The number of halogens is 1. The molecule has 26 heavy (non-hydrogen) atoms. The molecule has 2 aliphatic rings. The maximum absolute atomic E-state index is 13.8. The van der Waals surface area contributed by atoms with Crippen molar-refractivity contribution in [2.24, 2.45) is 0 Å². The van der Waals surface area contributed by atoms with Gasteiger partial charge in [-0.2, -0.15) is 0 Å². The van der Waals surface area contributed by atoms with Gasteiger partial charge in [-0.25, -0.2) is 4.39 Å². The summed E-state index contributed by atoms with van der Waals surface area (Å²) in [4.78, 5) is 14.3. The molecule has 3 rings (SSSR count). The number of rotatable bonds is 6. The molecular formula is C20H28FNO4. The van der Waals surface area contributed by atoms with E-state index in [0.29, 0.717) is 38.5 Å². The summed E-state index contributed by atoms with van der Waals surface area (Å²) < 4.78 is 30.8. The van der Waals surface area contributed by atoms with Crippen molar-refractivity contribution >= 4 is 5.91 Å². The molecule has 1 spiro atoms. The molecule has 0 aliphatic carbocycles. The van der Waals surface area contributed by atoms with E-state index in [0.717, 1.165) is 25.7 Å². The lowest BCUT2D eigenvalue weighted by Crippen LogP contribution is -2.52. The van der Waals surface area contributed by atoms with Crippen molar-refractivity contribution in [2.75, 3.05) is 40.0 Å². The van der Waals surface area contributed by atoms with E-state index in [9.17, 15) is 9.18 Å². The molecule has 1 aromatic carbocycles. The van der Waals surface area contributed by atoms with Gasteiger partial charge >= 0.3 is 0 Å². The zero-order valence-corrected chi connectivity index (χ0v) is 15.4. The van der Waals surface area contributed by atoms with Gasteiger partial charge in [-0.3, -0.25) is 4.79 Å². The lowest BCUT2D eigenvalue weighted by molar-refractivity contribution is -0.162. The van der Waals surface area contributed by atoms with E-state index in [-0.39, 0.29) is 29.9 Å². The van der Waals surface area contributed by atoms with E-state index < -0.39 is 0 Å². The van der Waals surface area contributed by atoms with Gasteiger partial charge < -0.3 is 19.1 Å². The second-order valence-electron chi connectivity index (χ2n) is 7.16. The molecule has 2 saturated heterocycles. The maximum Gasteiger partial charge on any atom is 0.227 e. The minimum absolute atomic E-state index is 0.0198. The summed E-state index contributed by atoms with van der Waals surface area (Å²) in [7, 11) is 1.67. The standard InChI is InChI=1S/C20H28FNO4/c1-24-12-13-25-17-6-11-26-20(15-17)7-9-22(10-8-20)19(23)14-16-4-2-3-5-18(16)21/h2-5,17H,6-15H2,1H3. The van der Waals surface area contributed by atoms with Crippen LogP contribution in [0.15, 0.2) is 24.3 Å². The number of methoxy groups -OCH3 is 1. The summed E-state index contributed by atoms with van der Waals surface area (Å²) in [5.74, 6) is -0.338. The highest BCUT2D eigenvalue weighted by Gasteiger charge is 2.41. The average molecular weight is 365 g/mol. The summed E-state index contributed by atoms with van der Waals surface area (Å²) in [6.07, 6.45) is 3.69. The normalized spacial score (nSPS) is 22.5. The Hall–Kier alpha value is -1.50. The first-order valence-electron chi connectivity index (χ1n) is 9.37. The van der Waals surface area contributed by atoms with Gasteiger partial charge in [-0.1, -0.05) is 18.2 Å². The fraction of sp³-hybridized carbons (Fsp3) is 0.650. The molecule has 144 valence electrons. The molecular weight excluding hydrogens is 337 g/mol. The number of benzene rings is 1. The number of ether oxygens (including phenoxy) is 3. The van der Waals surface area contributed by atoms with E-state index in [1.165, 1.54) is 6.07 Å². The Labute approximate surface area is 154 Å². The zero-order chi connectivity index (χ0) is 18.4. The van der Waals surface area contributed by atoms with Crippen LogP contribution in [-0.4, -0.2) is 62.5 Å². The third kappa shape index (κ3) is 4.81. The van der Waals surface area contributed by atoms with E-state index in [1.54, 1.807) is 25.3 Å². The topological polar surface area (TPSA) is 48.0 Å². The molecule has 2 aliphatic heterocycles. The second-order valence-corrected chi connectivity index (χ2v) is 7.16.